The van der Waals surface area contributed by atoms with Gasteiger partial charge in [-0.25, -0.2) is 9.97 Å². The number of imidazole rings is 1. The van der Waals surface area contributed by atoms with Gasteiger partial charge in [0.15, 0.2) is 11.6 Å². The van der Waals surface area contributed by atoms with Crippen LogP contribution in [0.2, 0.25) is 0 Å². The number of anilines is 1. The summed E-state index contributed by atoms with van der Waals surface area (Å²) in [7, 11) is 0. The Bertz CT molecular complexity index is 1980. The molecule has 64 heavy (non-hydrogen) atoms. The first-order chi connectivity index (χ1) is 31.2. The van der Waals surface area contributed by atoms with Gasteiger partial charge in [-0.1, -0.05) is 64.7 Å². The van der Waals surface area contributed by atoms with E-state index in [1.807, 2.05) is 23.1 Å². The van der Waals surface area contributed by atoms with Crippen molar-refractivity contribution in [2.24, 2.45) is 11.3 Å². The molecule has 2 saturated heterocycles. The molecule has 2 aliphatic heterocycles. The first-order valence-corrected chi connectivity index (χ1v) is 24.7. The van der Waals surface area contributed by atoms with Gasteiger partial charge in [-0.05, 0) is 63.4 Å². The second-order valence-electron chi connectivity index (χ2n) is 18.2. The van der Waals surface area contributed by atoms with E-state index in [2.05, 4.69) is 57.2 Å². The van der Waals surface area contributed by atoms with Crippen molar-refractivity contribution in [2.45, 2.75) is 142 Å². The van der Waals surface area contributed by atoms with Crippen LogP contribution in [-0.4, -0.2) is 132 Å². The van der Waals surface area contributed by atoms with Crippen molar-refractivity contribution in [3.63, 3.8) is 0 Å². The van der Waals surface area contributed by atoms with Crippen molar-refractivity contribution in [3.05, 3.63) is 30.1 Å². The van der Waals surface area contributed by atoms with Crippen LogP contribution in [0.25, 0.3) is 21.9 Å². The number of nitrogens with one attached hydrogen (secondary N) is 3. The molecule has 0 spiro atoms. The number of aryl methyl sites for hydroxylation is 1. The van der Waals surface area contributed by atoms with Crippen LogP contribution < -0.4 is 21.7 Å². The highest BCUT2D eigenvalue weighted by molar-refractivity contribution is 6.06. The van der Waals surface area contributed by atoms with Gasteiger partial charge in [0.2, 0.25) is 17.7 Å². The van der Waals surface area contributed by atoms with Crippen LogP contribution in [0.1, 0.15) is 123 Å². The maximum atomic E-state index is 13.7. The molecule has 6 rings (SSSR count). The van der Waals surface area contributed by atoms with Gasteiger partial charge in [0, 0.05) is 94.9 Å². The highest BCUT2D eigenvalue weighted by Gasteiger charge is 2.52. The van der Waals surface area contributed by atoms with E-state index in [0.717, 1.165) is 112 Å². The second kappa shape index (κ2) is 24.9. The van der Waals surface area contributed by atoms with Gasteiger partial charge in [-0.2, -0.15) is 0 Å². The standard InChI is InChI=1S/C49H77N9O6/c1-4-7-20-41-55-45-46(36-15-11-12-17-38(36)54-48(45)50)58(41)31-28-56-26-29-57(30-27-56)44(61)22-21-42(59)52-25-33-64-35-34-63-32-23-43(60)51-24-14-13-19-40-47(62)49(5-2,6-3)37-16-9-8-10-18-39(37)53-40/h11-12,15,17,37,39-40,53H,4-10,13-14,16,18-35H2,1-3H3,(H2,50,54)(H,51,60)(H,52,59). The number of piperazine rings is 1. The fourth-order valence-electron chi connectivity index (χ4n) is 10.5. The molecule has 3 atom stereocenters. The van der Waals surface area contributed by atoms with Crippen LogP contribution in [0.15, 0.2) is 24.3 Å². The number of carbonyl (C=O) groups is 4. The minimum atomic E-state index is -0.187. The lowest BCUT2D eigenvalue weighted by Crippen LogP contribution is -2.62. The van der Waals surface area contributed by atoms with Crippen LogP contribution >= 0.6 is 0 Å². The summed E-state index contributed by atoms with van der Waals surface area (Å²) >= 11 is 0. The highest BCUT2D eigenvalue weighted by atomic mass is 16.5. The predicted octanol–water partition coefficient (Wildman–Crippen LogP) is 5.56. The molecule has 1 saturated carbocycles. The van der Waals surface area contributed by atoms with Gasteiger partial charge in [0.05, 0.1) is 43.5 Å². The summed E-state index contributed by atoms with van der Waals surface area (Å²) in [5.41, 5.74) is 8.88. The lowest BCUT2D eigenvalue weighted by atomic mass is 9.60. The molecule has 0 radical (unpaired) electrons. The lowest BCUT2D eigenvalue weighted by Gasteiger charge is -2.50. The lowest BCUT2D eigenvalue weighted by molar-refractivity contribution is -0.141. The van der Waals surface area contributed by atoms with E-state index in [1.54, 1.807) is 0 Å². The van der Waals surface area contributed by atoms with E-state index in [-0.39, 0.29) is 48.4 Å². The molecule has 15 nitrogen and oxygen atoms in total. The van der Waals surface area contributed by atoms with Crippen molar-refractivity contribution in [2.75, 3.05) is 78.0 Å². The van der Waals surface area contributed by atoms with Gasteiger partial charge in [0.25, 0.3) is 0 Å². The molecular weight excluding hydrogens is 811 g/mol. The summed E-state index contributed by atoms with van der Waals surface area (Å²) in [6, 6.07) is 8.46. The maximum absolute atomic E-state index is 13.7. The van der Waals surface area contributed by atoms with Crippen molar-refractivity contribution in [1.82, 2.24) is 40.3 Å². The zero-order valence-corrected chi connectivity index (χ0v) is 39.1. The number of amides is 3. The number of fused-ring (bicyclic) bond motifs is 4. The summed E-state index contributed by atoms with van der Waals surface area (Å²) in [5, 5.41) is 10.6. The quantitative estimate of drug-likeness (QED) is 0.0782. The predicted molar refractivity (Wildman–Crippen MR) is 252 cm³/mol. The van der Waals surface area contributed by atoms with E-state index >= 15 is 0 Å². The largest absolute Gasteiger partial charge is 0.382 e. The van der Waals surface area contributed by atoms with Crippen LogP contribution in [0.5, 0.6) is 0 Å². The summed E-state index contributed by atoms with van der Waals surface area (Å²) in [4.78, 5) is 65.4. The fraction of sp³-hybridized carbons (Fsp3) is 0.714. The number of carbonyl (C=O) groups excluding carboxylic acids is 4. The van der Waals surface area contributed by atoms with E-state index in [1.165, 1.54) is 25.7 Å². The van der Waals surface area contributed by atoms with Crippen LogP contribution in [-0.2, 0) is 41.6 Å². The van der Waals surface area contributed by atoms with Crippen molar-refractivity contribution >= 4 is 51.3 Å². The Morgan fingerprint density at radius 3 is 2.34 bits per heavy atom. The van der Waals surface area contributed by atoms with Gasteiger partial charge < -0.3 is 40.6 Å². The van der Waals surface area contributed by atoms with E-state index < -0.39 is 0 Å². The first-order valence-electron chi connectivity index (χ1n) is 24.7. The Labute approximate surface area is 380 Å². The molecule has 3 unspecified atom stereocenters. The number of pyridine rings is 1. The summed E-state index contributed by atoms with van der Waals surface area (Å²) in [6.07, 6.45) is 14.1. The summed E-state index contributed by atoms with van der Waals surface area (Å²) in [5.74, 6) is 2.17. The van der Waals surface area contributed by atoms with Crippen molar-refractivity contribution < 1.29 is 28.7 Å². The average Bonchev–Trinajstić information content (AvgIpc) is 3.51. The Kier molecular flexibility index (Phi) is 19.2. The maximum Gasteiger partial charge on any atom is 0.223 e. The number of unbranched alkanes of at least 4 members (excludes halogenated alkanes) is 2. The molecule has 15 heteroatoms. The molecule has 3 aliphatic rings. The van der Waals surface area contributed by atoms with Crippen molar-refractivity contribution in [1.29, 1.82) is 0 Å². The number of benzene rings is 1. The van der Waals surface area contributed by atoms with Gasteiger partial charge in [-0.15, -0.1) is 0 Å². The third kappa shape index (κ3) is 12.8. The number of rotatable bonds is 25. The van der Waals surface area contributed by atoms with E-state index in [4.69, 9.17) is 20.2 Å². The number of para-hydroxylation sites is 1. The normalized spacial score (nSPS) is 20.3. The number of nitrogens with two attached hydrogens (primary N) is 1. The summed E-state index contributed by atoms with van der Waals surface area (Å²) in [6.45, 7) is 13.3. The number of nitrogens with zero attached hydrogens (tertiary/aromatic N) is 5. The molecule has 3 fully saturated rings. The highest BCUT2D eigenvalue weighted by Crippen LogP contribution is 2.47. The Hall–Kier alpha value is -4.18. The van der Waals surface area contributed by atoms with Gasteiger partial charge in [-0.3, -0.25) is 24.1 Å². The second-order valence-corrected chi connectivity index (χ2v) is 18.2. The van der Waals surface area contributed by atoms with Crippen LogP contribution in [0.3, 0.4) is 0 Å². The SMILES string of the molecule is CCCCc1nc2c(N)nc3ccccc3c2n1CCN1CCN(C(=O)CCC(=O)NCCOCCOCCC(=O)NCCCCC2NC3CCCCCC3C(CC)(CC)C2=O)CC1. The number of ketones is 1. The first kappa shape index (κ1) is 49.3. The minimum Gasteiger partial charge on any atom is -0.382 e. The number of nitrogen functional groups attached to an aromatic ring is 1. The Morgan fingerprint density at radius 2 is 1.56 bits per heavy atom. The molecule has 5 N–H and O–H groups in total. The number of hydrogen-bond donors (Lipinski definition) is 4. The number of piperidine rings is 1. The van der Waals surface area contributed by atoms with E-state index in [9.17, 15) is 19.2 Å². The fourth-order valence-corrected chi connectivity index (χ4v) is 10.5. The average molecular weight is 888 g/mol. The number of Topliss-reactive ketones (excluding diaryl/α,β-unsaturated/α-hetero) is 1. The Morgan fingerprint density at radius 1 is 0.828 bits per heavy atom. The molecule has 4 heterocycles. The van der Waals surface area contributed by atoms with Crippen LogP contribution in [0.4, 0.5) is 5.82 Å². The van der Waals surface area contributed by atoms with Gasteiger partial charge in [0.1, 0.15) is 11.3 Å². The molecule has 1 aliphatic carbocycles. The molecule has 2 aromatic heterocycles. The molecular formula is C49H77N9O6. The van der Waals surface area contributed by atoms with E-state index in [0.29, 0.717) is 76.2 Å². The minimum absolute atomic E-state index is 0.000856. The smallest absolute Gasteiger partial charge is 0.223 e. The third-order valence-electron chi connectivity index (χ3n) is 14.2. The molecule has 3 amide bonds. The third-order valence-corrected chi connectivity index (χ3v) is 14.2. The monoisotopic (exact) mass is 888 g/mol. The summed E-state index contributed by atoms with van der Waals surface area (Å²) < 4.78 is 13.5. The number of ether oxygens (including phenoxy) is 2. The molecule has 3 aromatic rings. The van der Waals surface area contributed by atoms with Gasteiger partial charge >= 0.3 is 0 Å². The molecule has 0 bridgehead atoms. The topological polar surface area (TPSA) is 186 Å². The zero-order chi connectivity index (χ0) is 45.3. The van der Waals surface area contributed by atoms with Crippen molar-refractivity contribution in [3.8, 4) is 0 Å². The molecule has 354 valence electrons. The Balaban J connectivity index is 0.766. The number of hydrogen-bond acceptors (Lipinski definition) is 11. The van der Waals surface area contributed by atoms with Crippen LogP contribution in [0, 0.1) is 11.3 Å². The molecule has 1 aromatic carbocycles. The number of aromatic nitrogens is 3. The zero-order valence-electron chi connectivity index (χ0n) is 39.1.